The standard InChI is InChI=1S/C21H27N3O5/c1-24(2)10-9-22-20(25)14-7-6-8-16(11-14)23-21(26)15-12-17(27-3)19(29-5)18(13-15)28-4/h6-8,11-13H,9-10H2,1-5H3,(H,22,25)(H,23,26). The molecular formula is C21H27N3O5. The van der Waals surface area contributed by atoms with Gasteiger partial charge in [-0.25, -0.2) is 0 Å². The Morgan fingerprint density at radius 2 is 1.55 bits per heavy atom. The number of likely N-dealkylation sites (N-methyl/N-ethyl adjacent to an activating group) is 1. The minimum Gasteiger partial charge on any atom is -0.493 e. The van der Waals surface area contributed by atoms with Gasteiger partial charge in [-0.3, -0.25) is 9.59 Å². The molecule has 0 radical (unpaired) electrons. The van der Waals surface area contributed by atoms with E-state index in [-0.39, 0.29) is 11.8 Å². The number of rotatable bonds is 9. The zero-order valence-electron chi connectivity index (χ0n) is 17.4. The van der Waals surface area contributed by atoms with Crippen LogP contribution in [0, 0.1) is 0 Å². The maximum absolute atomic E-state index is 12.7. The lowest BCUT2D eigenvalue weighted by molar-refractivity contribution is 0.0949. The molecule has 2 rings (SSSR count). The summed E-state index contributed by atoms with van der Waals surface area (Å²) in [6.45, 7) is 1.27. The molecule has 0 fully saturated rings. The van der Waals surface area contributed by atoms with Crippen LogP contribution in [0.4, 0.5) is 5.69 Å². The molecule has 0 bridgehead atoms. The van der Waals surface area contributed by atoms with Crippen LogP contribution in [0.3, 0.4) is 0 Å². The quantitative estimate of drug-likeness (QED) is 0.670. The summed E-state index contributed by atoms with van der Waals surface area (Å²) in [5.74, 6) is 0.602. The largest absolute Gasteiger partial charge is 0.493 e. The van der Waals surface area contributed by atoms with Gasteiger partial charge in [-0.15, -0.1) is 0 Å². The fourth-order valence-electron chi connectivity index (χ4n) is 2.65. The molecule has 0 atom stereocenters. The van der Waals surface area contributed by atoms with Gasteiger partial charge < -0.3 is 29.7 Å². The first-order valence-electron chi connectivity index (χ1n) is 9.04. The molecule has 2 N–H and O–H groups in total. The van der Waals surface area contributed by atoms with E-state index in [0.29, 0.717) is 40.6 Å². The van der Waals surface area contributed by atoms with Gasteiger partial charge in [0.25, 0.3) is 11.8 Å². The molecule has 0 unspecified atom stereocenters. The topological polar surface area (TPSA) is 89.1 Å². The van der Waals surface area contributed by atoms with Crippen molar-refractivity contribution in [2.75, 3.05) is 53.8 Å². The lowest BCUT2D eigenvalue weighted by Gasteiger charge is -2.14. The molecule has 0 heterocycles. The summed E-state index contributed by atoms with van der Waals surface area (Å²) < 4.78 is 15.8. The van der Waals surface area contributed by atoms with Crippen molar-refractivity contribution in [1.29, 1.82) is 0 Å². The second kappa shape index (κ2) is 10.3. The molecule has 0 aliphatic heterocycles. The van der Waals surface area contributed by atoms with Gasteiger partial charge in [0.2, 0.25) is 5.75 Å². The zero-order valence-corrected chi connectivity index (χ0v) is 17.4. The summed E-state index contributed by atoms with van der Waals surface area (Å²) in [5, 5.41) is 5.63. The van der Waals surface area contributed by atoms with Crippen LogP contribution < -0.4 is 24.8 Å². The smallest absolute Gasteiger partial charge is 0.255 e. The molecule has 0 aliphatic rings. The molecule has 8 nitrogen and oxygen atoms in total. The van der Waals surface area contributed by atoms with Crippen molar-refractivity contribution in [3.05, 3.63) is 47.5 Å². The van der Waals surface area contributed by atoms with Gasteiger partial charge in [0.1, 0.15) is 0 Å². The van der Waals surface area contributed by atoms with Crippen molar-refractivity contribution >= 4 is 17.5 Å². The molecule has 0 saturated carbocycles. The van der Waals surface area contributed by atoms with Crippen LogP contribution in [0.2, 0.25) is 0 Å². The van der Waals surface area contributed by atoms with Gasteiger partial charge in [-0.2, -0.15) is 0 Å². The lowest BCUT2D eigenvalue weighted by atomic mass is 10.1. The Kier molecular flexibility index (Phi) is 7.85. The van der Waals surface area contributed by atoms with Crippen molar-refractivity contribution in [2.24, 2.45) is 0 Å². The summed E-state index contributed by atoms with van der Waals surface area (Å²) in [7, 11) is 8.33. The average molecular weight is 401 g/mol. The van der Waals surface area contributed by atoms with E-state index in [9.17, 15) is 9.59 Å². The number of methoxy groups -OCH3 is 3. The van der Waals surface area contributed by atoms with Crippen LogP contribution in [0.5, 0.6) is 17.2 Å². The maximum atomic E-state index is 12.7. The number of ether oxygens (including phenoxy) is 3. The third-order valence-corrected chi connectivity index (χ3v) is 4.15. The van der Waals surface area contributed by atoms with Crippen molar-refractivity contribution in [3.63, 3.8) is 0 Å². The highest BCUT2D eigenvalue weighted by atomic mass is 16.5. The molecule has 2 aromatic rings. The monoisotopic (exact) mass is 401 g/mol. The first-order valence-corrected chi connectivity index (χ1v) is 9.04. The van der Waals surface area contributed by atoms with E-state index in [2.05, 4.69) is 10.6 Å². The number of amides is 2. The van der Waals surface area contributed by atoms with Gasteiger partial charge in [-0.1, -0.05) is 6.07 Å². The highest BCUT2D eigenvalue weighted by Crippen LogP contribution is 2.38. The fourth-order valence-corrected chi connectivity index (χ4v) is 2.65. The van der Waals surface area contributed by atoms with E-state index in [1.165, 1.54) is 21.3 Å². The van der Waals surface area contributed by atoms with Gasteiger partial charge in [-0.05, 0) is 44.4 Å². The van der Waals surface area contributed by atoms with Crippen LogP contribution in [-0.2, 0) is 0 Å². The van der Waals surface area contributed by atoms with Gasteiger partial charge >= 0.3 is 0 Å². The highest BCUT2D eigenvalue weighted by Gasteiger charge is 2.17. The number of nitrogens with zero attached hydrogens (tertiary/aromatic N) is 1. The molecule has 8 heteroatoms. The number of carbonyl (C=O) groups excluding carboxylic acids is 2. The van der Waals surface area contributed by atoms with Crippen molar-refractivity contribution in [1.82, 2.24) is 10.2 Å². The third kappa shape index (κ3) is 5.86. The molecule has 2 amide bonds. The summed E-state index contributed by atoms with van der Waals surface area (Å²) in [6, 6.07) is 9.88. The fraction of sp³-hybridized carbons (Fsp3) is 0.333. The zero-order chi connectivity index (χ0) is 21.4. The van der Waals surface area contributed by atoms with Gasteiger partial charge in [0.05, 0.1) is 21.3 Å². The number of hydrogen-bond acceptors (Lipinski definition) is 6. The van der Waals surface area contributed by atoms with E-state index in [0.717, 1.165) is 6.54 Å². The first-order chi connectivity index (χ1) is 13.9. The number of carbonyl (C=O) groups is 2. The molecule has 0 aromatic heterocycles. The molecule has 0 spiro atoms. The SMILES string of the molecule is COc1cc(C(=O)Nc2cccc(C(=O)NCCN(C)C)c2)cc(OC)c1OC. The van der Waals surface area contributed by atoms with Crippen molar-refractivity contribution in [2.45, 2.75) is 0 Å². The molecule has 0 aliphatic carbocycles. The number of nitrogens with one attached hydrogen (secondary N) is 2. The second-order valence-corrected chi connectivity index (χ2v) is 6.51. The Morgan fingerprint density at radius 1 is 0.897 bits per heavy atom. The predicted molar refractivity (Wildman–Crippen MR) is 111 cm³/mol. The minimum atomic E-state index is -0.366. The summed E-state index contributed by atoms with van der Waals surface area (Å²) in [4.78, 5) is 27.0. The van der Waals surface area contributed by atoms with E-state index in [1.807, 2.05) is 19.0 Å². The summed E-state index contributed by atoms with van der Waals surface area (Å²) in [6.07, 6.45) is 0. The Labute approximate surface area is 170 Å². The van der Waals surface area contributed by atoms with Crippen LogP contribution in [-0.4, -0.2) is 65.2 Å². The second-order valence-electron chi connectivity index (χ2n) is 6.51. The van der Waals surface area contributed by atoms with Gasteiger partial charge in [0.15, 0.2) is 11.5 Å². The van der Waals surface area contributed by atoms with Crippen molar-refractivity contribution in [3.8, 4) is 17.2 Å². The molecule has 2 aromatic carbocycles. The Balaban J connectivity index is 2.16. The first kappa shape index (κ1) is 22.0. The van der Waals surface area contributed by atoms with Crippen LogP contribution in [0.15, 0.2) is 36.4 Å². The van der Waals surface area contributed by atoms with Crippen LogP contribution in [0.25, 0.3) is 0 Å². The molecule has 156 valence electrons. The van der Waals surface area contributed by atoms with E-state index >= 15 is 0 Å². The Hall–Kier alpha value is -3.26. The van der Waals surface area contributed by atoms with E-state index in [1.54, 1.807) is 36.4 Å². The van der Waals surface area contributed by atoms with Crippen LogP contribution in [0.1, 0.15) is 20.7 Å². The summed E-state index contributed by atoms with van der Waals surface area (Å²) >= 11 is 0. The number of benzene rings is 2. The van der Waals surface area contributed by atoms with Crippen molar-refractivity contribution < 1.29 is 23.8 Å². The molecule has 29 heavy (non-hydrogen) atoms. The highest BCUT2D eigenvalue weighted by molar-refractivity contribution is 6.06. The van der Waals surface area contributed by atoms with Gasteiger partial charge in [0, 0.05) is 29.9 Å². The number of hydrogen-bond donors (Lipinski definition) is 2. The third-order valence-electron chi connectivity index (χ3n) is 4.15. The Morgan fingerprint density at radius 3 is 2.10 bits per heavy atom. The van der Waals surface area contributed by atoms with Crippen LogP contribution >= 0.6 is 0 Å². The summed E-state index contributed by atoms with van der Waals surface area (Å²) in [5.41, 5.74) is 1.30. The lowest BCUT2D eigenvalue weighted by Crippen LogP contribution is -2.31. The molecular weight excluding hydrogens is 374 g/mol. The predicted octanol–water partition coefficient (Wildman–Crippen LogP) is 2.26. The van der Waals surface area contributed by atoms with E-state index in [4.69, 9.17) is 14.2 Å². The Bertz CT molecular complexity index is 842. The normalized spacial score (nSPS) is 10.4. The maximum Gasteiger partial charge on any atom is 0.255 e. The molecule has 0 saturated heterocycles. The number of anilines is 1. The van der Waals surface area contributed by atoms with E-state index < -0.39 is 0 Å². The minimum absolute atomic E-state index is 0.198. The average Bonchev–Trinajstić information content (AvgIpc) is 2.72.